The maximum Gasteiger partial charge on any atom is 0.169 e. The lowest BCUT2D eigenvalue weighted by atomic mass is 9.63. The van der Waals surface area contributed by atoms with E-state index >= 15 is 0 Å². The molecule has 1 fully saturated rings. The van der Waals surface area contributed by atoms with Crippen LogP contribution in [0.4, 0.5) is 0 Å². The largest absolute Gasteiger partial charge is 0.294 e. The SMILES string of the molecule is Cc1ccc2c(c1)C(=O)C1(CC2)CC2=CCC1C2. The molecule has 18 heavy (non-hydrogen) atoms. The summed E-state index contributed by atoms with van der Waals surface area (Å²) in [5.41, 5.74) is 5.03. The molecule has 2 unspecified atom stereocenters. The number of hydrogen-bond acceptors (Lipinski definition) is 1. The molecule has 2 atom stereocenters. The summed E-state index contributed by atoms with van der Waals surface area (Å²) in [6.07, 6.45) is 7.91. The fourth-order valence-electron chi connectivity index (χ4n) is 4.32. The summed E-state index contributed by atoms with van der Waals surface area (Å²) >= 11 is 0. The second kappa shape index (κ2) is 3.34. The number of fused-ring (bicyclic) bond motifs is 4. The Balaban J connectivity index is 1.83. The fraction of sp³-hybridized carbons (Fsp3) is 0.471. The van der Waals surface area contributed by atoms with E-state index in [1.807, 2.05) is 0 Å². The highest BCUT2D eigenvalue weighted by molar-refractivity contribution is 6.03. The molecular formula is C17H18O. The van der Waals surface area contributed by atoms with Crippen LogP contribution >= 0.6 is 0 Å². The van der Waals surface area contributed by atoms with E-state index in [-0.39, 0.29) is 5.41 Å². The second-order valence-electron chi connectivity index (χ2n) is 6.32. The van der Waals surface area contributed by atoms with Crippen molar-refractivity contribution < 1.29 is 4.79 Å². The van der Waals surface area contributed by atoms with Gasteiger partial charge in [-0.2, -0.15) is 0 Å². The molecule has 2 bridgehead atoms. The molecule has 1 aromatic rings. The highest BCUT2D eigenvalue weighted by atomic mass is 16.1. The zero-order valence-corrected chi connectivity index (χ0v) is 10.8. The van der Waals surface area contributed by atoms with Gasteiger partial charge < -0.3 is 0 Å². The summed E-state index contributed by atoms with van der Waals surface area (Å²) in [7, 11) is 0. The molecule has 0 radical (unpaired) electrons. The summed E-state index contributed by atoms with van der Waals surface area (Å²) in [6.45, 7) is 2.08. The summed E-state index contributed by atoms with van der Waals surface area (Å²) in [6, 6.07) is 6.40. The second-order valence-corrected chi connectivity index (χ2v) is 6.32. The lowest BCUT2D eigenvalue weighted by molar-refractivity contribution is 0.0670. The number of Topliss-reactive ketones (excluding diaryl/α,β-unsaturated/α-hetero) is 1. The Labute approximate surface area is 108 Å². The smallest absolute Gasteiger partial charge is 0.169 e. The first-order valence-corrected chi connectivity index (χ1v) is 7.01. The topological polar surface area (TPSA) is 17.1 Å². The standard InChI is InChI=1S/C17H18O/c1-11-2-4-13-6-7-17(16(18)15(13)8-11)10-12-3-5-14(17)9-12/h2-4,8,14H,5-7,9-10H2,1H3. The highest BCUT2D eigenvalue weighted by Crippen LogP contribution is 2.58. The number of carbonyl (C=O) groups excluding carboxylic acids is 1. The molecule has 4 rings (SSSR count). The van der Waals surface area contributed by atoms with Gasteiger partial charge in [-0.15, -0.1) is 0 Å². The minimum atomic E-state index is -0.0229. The molecule has 3 aliphatic carbocycles. The molecule has 1 saturated carbocycles. The Kier molecular flexibility index (Phi) is 1.96. The van der Waals surface area contributed by atoms with Crippen LogP contribution in [0.2, 0.25) is 0 Å². The molecule has 0 amide bonds. The van der Waals surface area contributed by atoms with E-state index < -0.39 is 0 Å². The third-order valence-corrected chi connectivity index (χ3v) is 5.33. The Morgan fingerprint density at radius 2 is 2.22 bits per heavy atom. The Morgan fingerprint density at radius 3 is 2.94 bits per heavy atom. The summed E-state index contributed by atoms with van der Waals surface area (Å²) in [4.78, 5) is 13.0. The molecule has 92 valence electrons. The van der Waals surface area contributed by atoms with Crippen LogP contribution < -0.4 is 0 Å². The van der Waals surface area contributed by atoms with Gasteiger partial charge in [0, 0.05) is 11.0 Å². The van der Waals surface area contributed by atoms with Crippen molar-refractivity contribution in [3.8, 4) is 0 Å². The van der Waals surface area contributed by atoms with Crippen LogP contribution in [0.25, 0.3) is 0 Å². The van der Waals surface area contributed by atoms with Crippen LogP contribution in [0, 0.1) is 18.3 Å². The molecule has 0 saturated heterocycles. The summed E-state index contributed by atoms with van der Waals surface area (Å²) < 4.78 is 0. The van der Waals surface area contributed by atoms with Crippen LogP contribution in [-0.2, 0) is 6.42 Å². The lowest BCUT2D eigenvalue weighted by Gasteiger charge is -2.38. The van der Waals surface area contributed by atoms with Crippen LogP contribution in [0.5, 0.6) is 0 Å². The first kappa shape index (κ1) is 10.5. The maximum absolute atomic E-state index is 13.0. The van der Waals surface area contributed by atoms with Gasteiger partial charge in [-0.25, -0.2) is 0 Å². The molecule has 1 nitrogen and oxygen atoms in total. The van der Waals surface area contributed by atoms with Crippen molar-refractivity contribution in [2.75, 3.05) is 0 Å². The monoisotopic (exact) mass is 238 g/mol. The molecule has 0 aliphatic heterocycles. The number of hydrogen-bond donors (Lipinski definition) is 0. The number of rotatable bonds is 0. The van der Waals surface area contributed by atoms with Crippen LogP contribution in [0.3, 0.4) is 0 Å². The Hall–Kier alpha value is -1.37. The molecule has 1 heteroatoms. The zero-order chi connectivity index (χ0) is 12.3. The van der Waals surface area contributed by atoms with E-state index in [1.165, 1.54) is 17.5 Å². The molecule has 1 aromatic carbocycles. The predicted molar refractivity (Wildman–Crippen MR) is 71.7 cm³/mol. The van der Waals surface area contributed by atoms with Crippen molar-refractivity contribution in [1.82, 2.24) is 0 Å². The first-order chi connectivity index (χ1) is 8.69. The lowest BCUT2D eigenvalue weighted by Crippen LogP contribution is -2.39. The average Bonchev–Trinajstić information content (AvgIpc) is 2.96. The van der Waals surface area contributed by atoms with Crippen molar-refractivity contribution in [2.45, 2.75) is 39.0 Å². The number of benzene rings is 1. The van der Waals surface area contributed by atoms with E-state index in [4.69, 9.17) is 0 Å². The number of allylic oxidation sites excluding steroid dienone is 2. The van der Waals surface area contributed by atoms with Crippen molar-refractivity contribution in [2.24, 2.45) is 11.3 Å². The maximum atomic E-state index is 13.0. The molecule has 0 N–H and O–H groups in total. The van der Waals surface area contributed by atoms with Gasteiger partial charge in [0.15, 0.2) is 5.78 Å². The van der Waals surface area contributed by atoms with Gasteiger partial charge in [0.2, 0.25) is 0 Å². The molecule has 0 heterocycles. The van der Waals surface area contributed by atoms with E-state index in [9.17, 15) is 4.79 Å². The highest BCUT2D eigenvalue weighted by Gasteiger charge is 2.53. The van der Waals surface area contributed by atoms with Gasteiger partial charge in [0.05, 0.1) is 0 Å². The van der Waals surface area contributed by atoms with E-state index in [1.54, 1.807) is 5.57 Å². The van der Waals surface area contributed by atoms with Crippen LogP contribution in [0.1, 0.15) is 47.2 Å². The van der Waals surface area contributed by atoms with E-state index in [0.717, 1.165) is 31.2 Å². The van der Waals surface area contributed by atoms with Gasteiger partial charge in [0.25, 0.3) is 0 Å². The Morgan fingerprint density at radius 1 is 1.33 bits per heavy atom. The van der Waals surface area contributed by atoms with Crippen molar-refractivity contribution in [3.63, 3.8) is 0 Å². The van der Waals surface area contributed by atoms with Gasteiger partial charge >= 0.3 is 0 Å². The minimum Gasteiger partial charge on any atom is -0.294 e. The van der Waals surface area contributed by atoms with E-state index in [0.29, 0.717) is 11.7 Å². The fourth-order valence-corrected chi connectivity index (χ4v) is 4.32. The quantitative estimate of drug-likeness (QED) is 0.627. The third kappa shape index (κ3) is 1.20. The van der Waals surface area contributed by atoms with Gasteiger partial charge in [-0.3, -0.25) is 4.79 Å². The predicted octanol–water partition coefficient (Wildman–Crippen LogP) is 3.85. The average molecular weight is 238 g/mol. The van der Waals surface area contributed by atoms with Crippen molar-refractivity contribution in [1.29, 1.82) is 0 Å². The number of carbonyl (C=O) groups is 1. The van der Waals surface area contributed by atoms with Crippen molar-refractivity contribution >= 4 is 5.78 Å². The number of aryl methyl sites for hydroxylation is 2. The molecule has 0 aromatic heterocycles. The van der Waals surface area contributed by atoms with Crippen LogP contribution in [0.15, 0.2) is 29.8 Å². The summed E-state index contributed by atoms with van der Waals surface area (Å²) in [5, 5.41) is 0. The van der Waals surface area contributed by atoms with Gasteiger partial charge in [-0.1, -0.05) is 29.3 Å². The van der Waals surface area contributed by atoms with Gasteiger partial charge in [-0.05, 0) is 56.6 Å². The summed E-state index contributed by atoms with van der Waals surface area (Å²) in [5.74, 6) is 1.05. The third-order valence-electron chi connectivity index (χ3n) is 5.33. The van der Waals surface area contributed by atoms with Crippen LogP contribution in [-0.4, -0.2) is 5.78 Å². The molecule has 1 spiro atoms. The number of ketones is 1. The van der Waals surface area contributed by atoms with Gasteiger partial charge in [0.1, 0.15) is 0 Å². The van der Waals surface area contributed by atoms with E-state index in [2.05, 4.69) is 31.2 Å². The molecular weight excluding hydrogens is 220 g/mol. The minimum absolute atomic E-state index is 0.0229. The van der Waals surface area contributed by atoms with Crippen molar-refractivity contribution in [3.05, 3.63) is 46.5 Å². The first-order valence-electron chi connectivity index (χ1n) is 7.01. The zero-order valence-electron chi connectivity index (χ0n) is 10.8. The molecule has 3 aliphatic rings. The Bertz CT molecular complexity index is 581. The normalized spacial score (nSPS) is 32.8.